The van der Waals surface area contributed by atoms with Crippen LogP contribution in [-0.2, 0) is 16.6 Å². The lowest BCUT2D eigenvalue weighted by Gasteiger charge is -2.39. The van der Waals surface area contributed by atoms with E-state index in [4.69, 9.17) is 0 Å². The van der Waals surface area contributed by atoms with E-state index >= 15 is 0 Å². The Kier molecular flexibility index (Phi) is 2.62. The van der Waals surface area contributed by atoms with Crippen molar-refractivity contribution in [2.24, 2.45) is 7.05 Å². The number of nitrogens with zero attached hydrogens (tertiary/aromatic N) is 3. The van der Waals surface area contributed by atoms with Crippen LogP contribution >= 0.6 is 0 Å². The highest BCUT2D eigenvalue weighted by molar-refractivity contribution is 6.09. The number of hydrogen-bond donors (Lipinski definition) is 1. The molecule has 3 rings (SSSR count). The molecule has 1 aromatic heterocycles. The average molecular weight is 262 g/mol. The summed E-state index contributed by atoms with van der Waals surface area (Å²) in [4.78, 5) is 26.3. The van der Waals surface area contributed by atoms with Gasteiger partial charge < -0.3 is 5.32 Å². The SMILES string of the molecule is Cc1nn(C)cc1N1CC(=O)NC2(CCCC2)C1=O. The minimum Gasteiger partial charge on any atom is -0.340 e. The number of anilines is 1. The Labute approximate surface area is 111 Å². The summed E-state index contributed by atoms with van der Waals surface area (Å²) >= 11 is 0. The monoisotopic (exact) mass is 262 g/mol. The molecule has 2 fully saturated rings. The maximum absolute atomic E-state index is 12.7. The fourth-order valence-corrected chi connectivity index (χ4v) is 3.20. The molecule has 2 aliphatic rings. The predicted molar refractivity (Wildman–Crippen MR) is 69.6 cm³/mol. The summed E-state index contributed by atoms with van der Waals surface area (Å²) in [6, 6.07) is 0. The molecule has 1 N–H and O–H groups in total. The van der Waals surface area contributed by atoms with Gasteiger partial charge >= 0.3 is 0 Å². The predicted octanol–water partition coefficient (Wildman–Crippen LogP) is 0.504. The zero-order valence-corrected chi connectivity index (χ0v) is 11.3. The molecule has 1 spiro atoms. The molecule has 2 heterocycles. The maximum atomic E-state index is 12.7. The van der Waals surface area contributed by atoms with Crippen LogP contribution < -0.4 is 10.2 Å². The number of hydrogen-bond acceptors (Lipinski definition) is 3. The molecule has 0 bridgehead atoms. The number of amides is 2. The van der Waals surface area contributed by atoms with Crippen LogP contribution in [0.5, 0.6) is 0 Å². The van der Waals surface area contributed by atoms with Crippen LogP contribution in [0.1, 0.15) is 31.4 Å². The first-order chi connectivity index (χ1) is 9.02. The Morgan fingerprint density at radius 2 is 2.00 bits per heavy atom. The molecule has 19 heavy (non-hydrogen) atoms. The van der Waals surface area contributed by atoms with Crippen LogP contribution in [0.2, 0.25) is 0 Å². The molecule has 1 aliphatic carbocycles. The van der Waals surface area contributed by atoms with Crippen molar-refractivity contribution in [1.29, 1.82) is 0 Å². The van der Waals surface area contributed by atoms with Crippen molar-refractivity contribution in [1.82, 2.24) is 15.1 Å². The van der Waals surface area contributed by atoms with E-state index in [0.29, 0.717) is 0 Å². The van der Waals surface area contributed by atoms with Gasteiger partial charge in [-0.2, -0.15) is 5.10 Å². The number of nitrogens with one attached hydrogen (secondary N) is 1. The Hall–Kier alpha value is -1.85. The van der Waals surface area contributed by atoms with E-state index in [0.717, 1.165) is 37.1 Å². The van der Waals surface area contributed by atoms with E-state index in [9.17, 15) is 9.59 Å². The smallest absolute Gasteiger partial charge is 0.253 e. The van der Waals surface area contributed by atoms with Gasteiger partial charge in [-0.1, -0.05) is 12.8 Å². The first kappa shape index (κ1) is 12.2. The highest BCUT2D eigenvalue weighted by atomic mass is 16.2. The fourth-order valence-electron chi connectivity index (χ4n) is 3.20. The molecule has 2 amide bonds. The Bertz CT molecular complexity index is 543. The third-order valence-corrected chi connectivity index (χ3v) is 4.07. The molecule has 102 valence electrons. The lowest BCUT2D eigenvalue weighted by molar-refractivity contribution is -0.135. The number of aryl methyl sites for hydroxylation is 2. The van der Waals surface area contributed by atoms with Crippen molar-refractivity contribution < 1.29 is 9.59 Å². The third-order valence-electron chi connectivity index (χ3n) is 4.07. The van der Waals surface area contributed by atoms with Crippen LogP contribution in [-0.4, -0.2) is 33.7 Å². The van der Waals surface area contributed by atoms with Gasteiger partial charge in [0.05, 0.1) is 11.4 Å². The second kappa shape index (κ2) is 4.08. The van der Waals surface area contributed by atoms with Gasteiger partial charge in [0, 0.05) is 13.2 Å². The van der Waals surface area contributed by atoms with Gasteiger partial charge in [-0.25, -0.2) is 0 Å². The normalized spacial score (nSPS) is 22.1. The van der Waals surface area contributed by atoms with Crippen LogP contribution in [0.4, 0.5) is 5.69 Å². The minimum absolute atomic E-state index is 0.0145. The lowest BCUT2D eigenvalue weighted by Crippen LogP contribution is -2.65. The molecule has 0 atom stereocenters. The lowest BCUT2D eigenvalue weighted by atomic mass is 9.93. The van der Waals surface area contributed by atoms with Crippen LogP contribution in [0.3, 0.4) is 0 Å². The van der Waals surface area contributed by atoms with E-state index in [-0.39, 0.29) is 18.4 Å². The average Bonchev–Trinajstić information content (AvgIpc) is 2.92. The molecule has 6 heteroatoms. The molecule has 0 aromatic carbocycles. The van der Waals surface area contributed by atoms with Crippen molar-refractivity contribution >= 4 is 17.5 Å². The van der Waals surface area contributed by atoms with Gasteiger partial charge in [0.25, 0.3) is 5.91 Å². The second-order valence-electron chi connectivity index (χ2n) is 5.50. The molecule has 1 saturated carbocycles. The molecular formula is C13H18N4O2. The van der Waals surface area contributed by atoms with Gasteiger partial charge in [-0.3, -0.25) is 19.2 Å². The minimum atomic E-state index is -0.669. The Morgan fingerprint density at radius 3 is 2.58 bits per heavy atom. The molecule has 6 nitrogen and oxygen atoms in total. The Balaban J connectivity index is 1.99. The first-order valence-electron chi connectivity index (χ1n) is 6.65. The van der Waals surface area contributed by atoms with Gasteiger partial charge in [-0.05, 0) is 19.8 Å². The zero-order valence-electron chi connectivity index (χ0n) is 11.3. The topological polar surface area (TPSA) is 67.2 Å². The molecule has 1 aliphatic heterocycles. The molecule has 0 radical (unpaired) electrons. The van der Waals surface area contributed by atoms with Gasteiger partial charge in [0.15, 0.2) is 0 Å². The number of carbonyl (C=O) groups is 2. The van der Waals surface area contributed by atoms with Crippen LogP contribution in [0, 0.1) is 6.92 Å². The summed E-state index contributed by atoms with van der Waals surface area (Å²) in [5, 5.41) is 7.16. The summed E-state index contributed by atoms with van der Waals surface area (Å²) in [6.45, 7) is 1.95. The second-order valence-corrected chi connectivity index (χ2v) is 5.50. The third kappa shape index (κ3) is 1.82. The molecule has 0 unspecified atom stereocenters. The van der Waals surface area contributed by atoms with E-state index < -0.39 is 5.54 Å². The molecule has 1 saturated heterocycles. The number of piperazine rings is 1. The highest BCUT2D eigenvalue weighted by Crippen LogP contribution is 2.35. The van der Waals surface area contributed by atoms with E-state index in [1.54, 1.807) is 15.8 Å². The summed E-state index contributed by atoms with van der Waals surface area (Å²) in [5.74, 6) is -0.0644. The molecular weight excluding hydrogens is 244 g/mol. The van der Waals surface area contributed by atoms with Crippen molar-refractivity contribution in [3.05, 3.63) is 11.9 Å². The summed E-state index contributed by atoms with van der Waals surface area (Å²) in [7, 11) is 1.82. The van der Waals surface area contributed by atoms with E-state index in [1.165, 1.54) is 0 Å². The summed E-state index contributed by atoms with van der Waals surface area (Å²) < 4.78 is 1.67. The van der Waals surface area contributed by atoms with Gasteiger partial charge in [0.1, 0.15) is 12.1 Å². The van der Waals surface area contributed by atoms with Gasteiger partial charge in [0.2, 0.25) is 5.91 Å². The Morgan fingerprint density at radius 1 is 1.32 bits per heavy atom. The number of aromatic nitrogens is 2. The van der Waals surface area contributed by atoms with Crippen molar-refractivity contribution in [3.8, 4) is 0 Å². The quantitative estimate of drug-likeness (QED) is 0.801. The maximum Gasteiger partial charge on any atom is 0.253 e. The van der Waals surface area contributed by atoms with Crippen molar-refractivity contribution in [2.45, 2.75) is 38.1 Å². The zero-order chi connectivity index (χ0) is 13.6. The van der Waals surface area contributed by atoms with E-state index in [1.807, 2.05) is 14.0 Å². The highest BCUT2D eigenvalue weighted by Gasteiger charge is 2.49. The fraction of sp³-hybridized carbons (Fsp3) is 0.615. The molecule has 1 aromatic rings. The first-order valence-corrected chi connectivity index (χ1v) is 6.65. The number of rotatable bonds is 1. The summed E-state index contributed by atoms with van der Waals surface area (Å²) in [5.41, 5.74) is 0.852. The van der Waals surface area contributed by atoms with Crippen LogP contribution in [0.15, 0.2) is 6.20 Å². The van der Waals surface area contributed by atoms with E-state index in [2.05, 4.69) is 10.4 Å². The summed E-state index contributed by atoms with van der Waals surface area (Å²) in [6.07, 6.45) is 5.27. The van der Waals surface area contributed by atoms with Crippen molar-refractivity contribution in [3.63, 3.8) is 0 Å². The van der Waals surface area contributed by atoms with Crippen molar-refractivity contribution in [2.75, 3.05) is 11.4 Å². The van der Waals surface area contributed by atoms with Crippen LogP contribution in [0.25, 0.3) is 0 Å². The number of carbonyl (C=O) groups excluding carboxylic acids is 2. The van der Waals surface area contributed by atoms with Gasteiger partial charge in [-0.15, -0.1) is 0 Å². The largest absolute Gasteiger partial charge is 0.340 e. The standard InChI is InChI=1S/C13H18N4O2/c1-9-10(7-16(2)15-9)17-8-11(18)14-13(12(17)19)5-3-4-6-13/h7H,3-6,8H2,1-2H3,(H,14,18).